The van der Waals surface area contributed by atoms with Crippen molar-refractivity contribution >= 4 is 12.0 Å². The number of carbonyl (C=O) groups is 1. The zero-order chi connectivity index (χ0) is 21.8. The molecule has 1 saturated heterocycles. The predicted molar refractivity (Wildman–Crippen MR) is 116 cm³/mol. The number of carbonyl (C=O) groups excluding carboxylic acids is 1. The molecule has 160 valence electrons. The summed E-state index contributed by atoms with van der Waals surface area (Å²) in [6, 6.07) is 8.53. The molecule has 0 amide bonds. The number of aliphatic hydroxyl groups excluding tert-OH is 1. The van der Waals surface area contributed by atoms with Gasteiger partial charge in [0.25, 0.3) is 0 Å². The molecule has 0 aliphatic carbocycles. The number of halogens is 1. The van der Waals surface area contributed by atoms with Crippen molar-refractivity contribution in [2.75, 3.05) is 7.11 Å². The largest absolute Gasteiger partial charge is 0.496 e. The van der Waals surface area contributed by atoms with Crippen LogP contribution in [-0.2, 0) is 16.0 Å². The summed E-state index contributed by atoms with van der Waals surface area (Å²) in [5.41, 5.74) is 4.90. The first-order chi connectivity index (χ1) is 14.3. The predicted octanol–water partition coefficient (Wildman–Crippen LogP) is 5.27. The van der Waals surface area contributed by atoms with Crippen LogP contribution in [-0.4, -0.2) is 30.4 Å². The highest BCUT2D eigenvalue weighted by Crippen LogP contribution is 2.42. The second-order valence-corrected chi connectivity index (χ2v) is 7.94. The van der Waals surface area contributed by atoms with E-state index in [4.69, 9.17) is 9.47 Å². The lowest BCUT2D eigenvalue weighted by Crippen LogP contribution is -2.31. The summed E-state index contributed by atoms with van der Waals surface area (Å²) in [4.78, 5) is 11.7. The van der Waals surface area contributed by atoms with E-state index in [0.717, 1.165) is 40.0 Å². The summed E-state index contributed by atoms with van der Waals surface area (Å²) in [5.74, 6) is 0.298. The van der Waals surface area contributed by atoms with E-state index in [1.165, 1.54) is 12.1 Å². The van der Waals surface area contributed by atoms with Gasteiger partial charge in [-0.15, -0.1) is 0 Å². The molecule has 1 fully saturated rings. The summed E-state index contributed by atoms with van der Waals surface area (Å²) in [6.07, 6.45) is 3.77. The molecular formula is C25H29FO4. The van der Waals surface area contributed by atoms with Crippen molar-refractivity contribution in [3.05, 3.63) is 58.9 Å². The Morgan fingerprint density at radius 2 is 2.00 bits per heavy atom. The number of ether oxygens (including phenoxy) is 2. The summed E-state index contributed by atoms with van der Waals surface area (Å²) >= 11 is 0. The summed E-state index contributed by atoms with van der Waals surface area (Å²) < 4.78 is 24.8. The van der Waals surface area contributed by atoms with Gasteiger partial charge in [0, 0.05) is 12.0 Å². The topological polar surface area (TPSA) is 55.8 Å². The lowest BCUT2D eigenvalue weighted by Gasteiger charge is -2.25. The number of hydrogen-bond acceptors (Lipinski definition) is 4. The third kappa shape index (κ3) is 4.73. The Morgan fingerprint density at radius 1 is 1.30 bits per heavy atom. The molecule has 30 heavy (non-hydrogen) atoms. The van der Waals surface area contributed by atoms with Crippen LogP contribution >= 0.6 is 0 Å². The van der Waals surface area contributed by atoms with E-state index in [-0.39, 0.29) is 18.2 Å². The molecule has 2 atom stereocenters. The van der Waals surface area contributed by atoms with E-state index in [2.05, 4.69) is 26.8 Å². The Balaban J connectivity index is 2.19. The van der Waals surface area contributed by atoms with Gasteiger partial charge in [-0.05, 0) is 52.8 Å². The van der Waals surface area contributed by atoms with Crippen molar-refractivity contribution in [3.8, 4) is 16.9 Å². The van der Waals surface area contributed by atoms with Crippen LogP contribution in [0.3, 0.4) is 0 Å². The van der Waals surface area contributed by atoms with Gasteiger partial charge >= 0.3 is 5.97 Å². The van der Waals surface area contributed by atoms with E-state index < -0.39 is 18.2 Å². The lowest BCUT2D eigenvalue weighted by molar-refractivity contribution is -0.156. The molecule has 5 heteroatoms. The molecule has 4 nitrogen and oxygen atoms in total. The smallest absolute Gasteiger partial charge is 0.309 e. The van der Waals surface area contributed by atoms with Gasteiger partial charge in [0.1, 0.15) is 17.7 Å². The number of esters is 1. The minimum atomic E-state index is -0.695. The van der Waals surface area contributed by atoms with Crippen LogP contribution in [0, 0.1) is 5.82 Å². The van der Waals surface area contributed by atoms with E-state index in [1.807, 2.05) is 12.2 Å². The van der Waals surface area contributed by atoms with Gasteiger partial charge < -0.3 is 14.6 Å². The van der Waals surface area contributed by atoms with E-state index in [9.17, 15) is 14.3 Å². The van der Waals surface area contributed by atoms with Crippen LogP contribution in [0.15, 0.2) is 36.4 Å². The molecule has 1 heterocycles. The van der Waals surface area contributed by atoms with Gasteiger partial charge in [0.2, 0.25) is 0 Å². The quantitative estimate of drug-likeness (QED) is 0.657. The first-order valence-electron chi connectivity index (χ1n) is 10.4. The summed E-state index contributed by atoms with van der Waals surface area (Å²) in [5, 5.41) is 9.91. The molecule has 0 spiro atoms. The fraction of sp³-hybridized carbons (Fsp3) is 0.400. The maximum absolute atomic E-state index is 13.6. The second-order valence-electron chi connectivity index (χ2n) is 7.94. The zero-order valence-corrected chi connectivity index (χ0v) is 17.9. The fourth-order valence-electron chi connectivity index (χ4n) is 3.94. The molecule has 3 rings (SSSR count). The minimum Gasteiger partial charge on any atom is -0.496 e. The maximum Gasteiger partial charge on any atom is 0.309 e. The Morgan fingerprint density at radius 3 is 2.57 bits per heavy atom. The van der Waals surface area contributed by atoms with Gasteiger partial charge in [-0.2, -0.15) is 0 Å². The third-order valence-corrected chi connectivity index (χ3v) is 5.44. The SMILES string of the molecule is CCc1cc(C(C)C)c(C=CC2CC(O)CC(=O)O2)c(-c2ccc(F)cc2)c1OC. The molecule has 0 aromatic heterocycles. The van der Waals surface area contributed by atoms with Crippen LogP contribution in [0.25, 0.3) is 17.2 Å². The minimum absolute atomic E-state index is 0.0292. The number of cyclic esters (lactones) is 1. The van der Waals surface area contributed by atoms with Crippen LogP contribution < -0.4 is 4.74 Å². The van der Waals surface area contributed by atoms with Gasteiger partial charge in [-0.3, -0.25) is 4.79 Å². The first kappa shape index (κ1) is 22.0. The van der Waals surface area contributed by atoms with Crippen molar-refractivity contribution in [2.24, 2.45) is 0 Å². The first-order valence-corrected chi connectivity index (χ1v) is 10.4. The second kappa shape index (κ2) is 9.43. The lowest BCUT2D eigenvalue weighted by atomic mass is 9.86. The number of benzene rings is 2. The molecule has 1 aliphatic heterocycles. The number of hydrogen-bond donors (Lipinski definition) is 1. The van der Waals surface area contributed by atoms with Gasteiger partial charge in [0.15, 0.2) is 0 Å². The van der Waals surface area contributed by atoms with Crippen molar-refractivity contribution in [2.45, 2.75) is 58.2 Å². The molecular weight excluding hydrogens is 383 g/mol. The third-order valence-electron chi connectivity index (χ3n) is 5.44. The van der Waals surface area contributed by atoms with Crippen molar-refractivity contribution < 1.29 is 23.8 Å². The molecule has 1 aliphatic rings. The fourth-order valence-corrected chi connectivity index (χ4v) is 3.94. The van der Waals surface area contributed by atoms with Crippen LogP contribution in [0.4, 0.5) is 4.39 Å². The van der Waals surface area contributed by atoms with Crippen LogP contribution in [0.2, 0.25) is 0 Å². The van der Waals surface area contributed by atoms with Crippen molar-refractivity contribution in [3.63, 3.8) is 0 Å². The van der Waals surface area contributed by atoms with Gasteiger partial charge in [0.05, 0.1) is 19.6 Å². The monoisotopic (exact) mass is 412 g/mol. The maximum atomic E-state index is 13.6. The molecule has 2 aromatic rings. The van der Waals surface area contributed by atoms with Crippen LogP contribution in [0.5, 0.6) is 5.75 Å². The Labute approximate surface area is 177 Å². The molecule has 0 bridgehead atoms. The highest BCUT2D eigenvalue weighted by Gasteiger charge is 2.26. The van der Waals surface area contributed by atoms with Crippen molar-refractivity contribution in [1.29, 1.82) is 0 Å². The van der Waals surface area contributed by atoms with E-state index in [0.29, 0.717) is 6.42 Å². The molecule has 0 radical (unpaired) electrons. The average Bonchev–Trinajstić information content (AvgIpc) is 2.70. The van der Waals surface area contributed by atoms with Crippen molar-refractivity contribution in [1.82, 2.24) is 0 Å². The highest BCUT2D eigenvalue weighted by molar-refractivity contribution is 5.84. The van der Waals surface area contributed by atoms with Gasteiger partial charge in [-0.25, -0.2) is 4.39 Å². The number of rotatable bonds is 6. The average molecular weight is 413 g/mol. The Hall–Kier alpha value is -2.66. The molecule has 2 unspecified atom stereocenters. The Bertz CT molecular complexity index is 931. The van der Waals surface area contributed by atoms with E-state index >= 15 is 0 Å². The standard InChI is InChI=1S/C25H29FO4/c1-5-16-12-22(15(2)3)21(11-10-20-13-19(27)14-23(28)30-20)24(25(16)29-4)17-6-8-18(26)9-7-17/h6-12,15,19-20,27H,5,13-14H2,1-4H3. The molecule has 2 aromatic carbocycles. The normalized spacial score (nSPS) is 19.4. The van der Waals surface area contributed by atoms with Crippen LogP contribution in [0.1, 0.15) is 56.2 Å². The number of aliphatic hydroxyl groups is 1. The molecule has 1 N–H and O–H groups in total. The van der Waals surface area contributed by atoms with Gasteiger partial charge in [-0.1, -0.05) is 45.0 Å². The number of aryl methyl sites for hydroxylation is 1. The Kier molecular flexibility index (Phi) is 6.93. The molecule has 0 saturated carbocycles. The number of methoxy groups -OCH3 is 1. The highest BCUT2D eigenvalue weighted by atomic mass is 19.1. The summed E-state index contributed by atoms with van der Waals surface area (Å²) in [6.45, 7) is 6.32. The zero-order valence-electron chi connectivity index (χ0n) is 17.9. The summed E-state index contributed by atoms with van der Waals surface area (Å²) in [7, 11) is 1.64. The van der Waals surface area contributed by atoms with E-state index in [1.54, 1.807) is 19.2 Å².